The van der Waals surface area contributed by atoms with E-state index in [-0.39, 0.29) is 5.41 Å². The number of para-hydroxylation sites is 1. The molecule has 1 fully saturated rings. The quantitative estimate of drug-likeness (QED) is 0.525. The Kier molecular flexibility index (Phi) is 3.66. The van der Waals surface area contributed by atoms with Crippen LogP contribution in [0.5, 0.6) is 0 Å². The molecule has 122 valence electrons. The highest BCUT2D eigenvalue weighted by Crippen LogP contribution is 2.60. The minimum absolute atomic E-state index is 0.347. The molecule has 1 aliphatic heterocycles. The minimum Gasteiger partial charge on any atom is -0.468 e. The van der Waals surface area contributed by atoms with Crippen molar-refractivity contribution in [1.82, 2.24) is 0 Å². The number of esters is 2. The maximum Gasteiger partial charge on any atom is 0.325 e. The van der Waals surface area contributed by atoms with Gasteiger partial charge in [-0.15, -0.1) is 6.58 Å². The predicted molar refractivity (Wildman–Crippen MR) is 86.0 cm³/mol. The Morgan fingerprint density at radius 3 is 2.52 bits per heavy atom. The third-order valence-corrected chi connectivity index (χ3v) is 5.38. The average molecular weight is 315 g/mol. The molecule has 1 aromatic rings. The van der Waals surface area contributed by atoms with Crippen LogP contribution >= 0.6 is 0 Å². The number of hydrogen-bond donors (Lipinski definition) is 1. The van der Waals surface area contributed by atoms with Crippen molar-refractivity contribution in [2.75, 3.05) is 19.5 Å². The summed E-state index contributed by atoms with van der Waals surface area (Å²) in [6.07, 6.45) is 3.61. The first kappa shape index (κ1) is 15.6. The molecule has 3 rings (SSSR count). The van der Waals surface area contributed by atoms with E-state index in [1.807, 2.05) is 24.3 Å². The van der Waals surface area contributed by atoms with Crippen molar-refractivity contribution in [2.45, 2.75) is 30.7 Å². The molecular weight excluding hydrogens is 294 g/mol. The van der Waals surface area contributed by atoms with Crippen LogP contribution in [0.2, 0.25) is 0 Å². The van der Waals surface area contributed by atoms with E-state index in [2.05, 4.69) is 18.0 Å². The Labute approximate surface area is 135 Å². The monoisotopic (exact) mass is 315 g/mol. The maximum absolute atomic E-state index is 12.6. The van der Waals surface area contributed by atoms with Gasteiger partial charge in [-0.1, -0.05) is 24.3 Å². The minimum atomic E-state index is -1.33. The van der Waals surface area contributed by atoms with Crippen LogP contribution in [0.15, 0.2) is 36.9 Å². The second-order valence-electron chi connectivity index (χ2n) is 6.23. The van der Waals surface area contributed by atoms with Gasteiger partial charge in [-0.05, 0) is 30.9 Å². The normalized spacial score (nSPS) is 26.6. The molecule has 2 atom stereocenters. The molecule has 23 heavy (non-hydrogen) atoms. The topological polar surface area (TPSA) is 64.6 Å². The Bertz CT molecular complexity index is 653. The van der Waals surface area contributed by atoms with Gasteiger partial charge < -0.3 is 14.8 Å². The van der Waals surface area contributed by atoms with Crippen LogP contribution in [0.1, 0.15) is 24.8 Å². The molecule has 1 aliphatic carbocycles. The van der Waals surface area contributed by atoms with Crippen LogP contribution in [-0.4, -0.2) is 32.2 Å². The molecule has 1 heterocycles. The van der Waals surface area contributed by atoms with Crippen molar-refractivity contribution in [3.8, 4) is 0 Å². The van der Waals surface area contributed by atoms with Gasteiger partial charge in [-0.25, -0.2) is 0 Å². The van der Waals surface area contributed by atoms with E-state index in [0.717, 1.165) is 11.3 Å². The number of carbonyl (C=O) groups excluding carboxylic acids is 2. The lowest BCUT2D eigenvalue weighted by atomic mass is 9.71. The highest BCUT2D eigenvalue weighted by atomic mass is 16.5. The summed E-state index contributed by atoms with van der Waals surface area (Å²) in [5.41, 5.74) is 0.405. The number of ether oxygens (including phenoxy) is 2. The number of methoxy groups -OCH3 is 2. The third kappa shape index (κ3) is 1.85. The molecule has 1 aromatic carbocycles. The largest absolute Gasteiger partial charge is 0.468 e. The molecule has 0 bridgehead atoms. The second kappa shape index (κ2) is 5.41. The van der Waals surface area contributed by atoms with Gasteiger partial charge in [0.15, 0.2) is 5.41 Å². The summed E-state index contributed by atoms with van der Waals surface area (Å²) in [4.78, 5) is 25.2. The lowest BCUT2D eigenvalue weighted by Crippen LogP contribution is -2.53. The standard InChI is InChI=1S/C18H21NO4/c1-4-9-17-10-11-18(15(20)22-2,16(21)23-3)14(17)19-13-8-6-5-7-12(13)17/h4-8,14,19H,1,9-11H2,2-3H3/t14-,17+/m0/s1. The zero-order chi connectivity index (χ0) is 16.7. The van der Waals surface area contributed by atoms with Gasteiger partial charge in [-0.2, -0.15) is 0 Å². The molecule has 1 N–H and O–H groups in total. The van der Waals surface area contributed by atoms with E-state index in [1.165, 1.54) is 14.2 Å². The van der Waals surface area contributed by atoms with Crippen molar-refractivity contribution in [1.29, 1.82) is 0 Å². The van der Waals surface area contributed by atoms with Crippen molar-refractivity contribution in [3.63, 3.8) is 0 Å². The second-order valence-corrected chi connectivity index (χ2v) is 6.23. The summed E-state index contributed by atoms with van der Waals surface area (Å²) >= 11 is 0. The average Bonchev–Trinajstić information content (AvgIpc) is 3.06. The van der Waals surface area contributed by atoms with Gasteiger partial charge in [0.1, 0.15) is 0 Å². The van der Waals surface area contributed by atoms with Gasteiger partial charge >= 0.3 is 11.9 Å². The number of benzene rings is 1. The summed E-state index contributed by atoms with van der Waals surface area (Å²) in [6.45, 7) is 3.87. The van der Waals surface area contributed by atoms with Gasteiger partial charge in [0.25, 0.3) is 0 Å². The lowest BCUT2D eigenvalue weighted by molar-refractivity contribution is -0.169. The fourth-order valence-corrected chi connectivity index (χ4v) is 4.41. The number of nitrogens with one attached hydrogen (secondary N) is 1. The van der Waals surface area contributed by atoms with E-state index >= 15 is 0 Å². The fourth-order valence-electron chi connectivity index (χ4n) is 4.41. The molecule has 0 radical (unpaired) electrons. The Balaban J connectivity index is 2.18. The van der Waals surface area contributed by atoms with Gasteiger partial charge in [0.2, 0.25) is 0 Å². The molecule has 0 spiro atoms. The fraction of sp³-hybridized carbons (Fsp3) is 0.444. The maximum atomic E-state index is 12.6. The van der Waals surface area contributed by atoms with Gasteiger partial charge in [0, 0.05) is 11.1 Å². The van der Waals surface area contributed by atoms with Crippen molar-refractivity contribution < 1.29 is 19.1 Å². The van der Waals surface area contributed by atoms with E-state index in [9.17, 15) is 9.59 Å². The zero-order valence-electron chi connectivity index (χ0n) is 13.4. The lowest BCUT2D eigenvalue weighted by Gasteiger charge is -2.35. The van der Waals surface area contributed by atoms with Gasteiger partial charge in [-0.3, -0.25) is 9.59 Å². The van der Waals surface area contributed by atoms with E-state index in [4.69, 9.17) is 9.47 Å². The predicted octanol–water partition coefficient (Wildman–Crippen LogP) is 2.42. The molecule has 0 saturated heterocycles. The van der Waals surface area contributed by atoms with Crippen LogP contribution in [0, 0.1) is 5.41 Å². The first-order valence-electron chi connectivity index (χ1n) is 7.70. The summed E-state index contributed by atoms with van der Waals surface area (Å²) in [5, 5.41) is 3.39. The summed E-state index contributed by atoms with van der Waals surface area (Å²) in [7, 11) is 2.62. The summed E-state index contributed by atoms with van der Waals surface area (Å²) in [6, 6.07) is 7.54. The van der Waals surface area contributed by atoms with Crippen molar-refractivity contribution in [2.24, 2.45) is 5.41 Å². The molecule has 0 amide bonds. The number of hydrogen-bond acceptors (Lipinski definition) is 5. The highest BCUT2D eigenvalue weighted by Gasteiger charge is 2.68. The number of allylic oxidation sites excluding steroid dienone is 1. The highest BCUT2D eigenvalue weighted by molar-refractivity contribution is 6.03. The van der Waals surface area contributed by atoms with Crippen molar-refractivity contribution in [3.05, 3.63) is 42.5 Å². The van der Waals surface area contributed by atoms with E-state index in [0.29, 0.717) is 19.3 Å². The van der Waals surface area contributed by atoms with Crippen LogP contribution < -0.4 is 5.32 Å². The van der Waals surface area contributed by atoms with E-state index in [1.54, 1.807) is 0 Å². The molecule has 2 aliphatic rings. The summed E-state index contributed by atoms with van der Waals surface area (Å²) < 4.78 is 9.97. The molecule has 5 nitrogen and oxygen atoms in total. The zero-order valence-corrected chi connectivity index (χ0v) is 13.4. The van der Waals surface area contributed by atoms with Gasteiger partial charge in [0.05, 0.1) is 20.3 Å². The Morgan fingerprint density at radius 1 is 1.26 bits per heavy atom. The number of fused-ring (bicyclic) bond motifs is 3. The summed E-state index contributed by atoms with van der Waals surface area (Å²) in [5.74, 6) is -1.08. The Hall–Kier alpha value is -2.30. The number of carbonyl (C=O) groups is 2. The third-order valence-electron chi connectivity index (χ3n) is 5.38. The van der Waals surface area contributed by atoms with Crippen LogP contribution in [0.3, 0.4) is 0 Å². The Morgan fingerprint density at radius 2 is 1.91 bits per heavy atom. The molecule has 5 heteroatoms. The number of anilines is 1. The SMILES string of the molecule is C=CC[C@]12CCC(C(=O)OC)(C(=O)OC)[C@H]1Nc1ccccc12. The molecule has 0 aromatic heterocycles. The first-order valence-corrected chi connectivity index (χ1v) is 7.70. The van der Waals surface area contributed by atoms with Crippen molar-refractivity contribution >= 4 is 17.6 Å². The molecule has 0 unspecified atom stereocenters. The smallest absolute Gasteiger partial charge is 0.325 e. The van der Waals surface area contributed by atoms with Crippen LogP contribution in [0.4, 0.5) is 5.69 Å². The first-order chi connectivity index (χ1) is 11.1. The number of rotatable bonds is 4. The van der Waals surface area contributed by atoms with Crippen LogP contribution in [0.25, 0.3) is 0 Å². The van der Waals surface area contributed by atoms with Crippen LogP contribution in [-0.2, 0) is 24.5 Å². The molecular formula is C18H21NO4. The van der Waals surface area contributed by atoms with E-state index < -0.39 is 23.4 Å². The molecule has 1 saturated carbocycles.